The third-order valence-electron chi connectivity index (χ3n) is 5.67. The zero-order chi connectivity index (χ0) is 21.4. The van der Waals surface area contributed by atoms with Crippen LogP contribution in [0.15, 0.2) is 47.3 Å². The number of rotatable bonds is 4. The van der Waals surface area contributed by atoms with E-state index in [1.54, 1.807) is 24.1 Å². The van der Waals surface area contributed by atoms with Crippen molar-refractivity contribution in [3.05, 3.63) is 64.3 Å². The van der Waals surface area contributed by atoms with E-state index in [0.717, 1.165) is 11.0 Å². The average Bonchev–Trinajstić information content (AvgIpc) is 2.99. The number of fused-ring (bicyclic) bond motifs is 1. The minimum Gasteiger partial charge on any atom is -0.366 e. The minimum atomic E-state index is -0.440. The van der Waals surface area contributed by atoms with Gasteiger partial charge in [0.2, 0.25) is 5.91 Å². The summed E-state index contributed by atoms with van der Waals surface area (Å²) in [4.78, 5) is 40.3. The maximum absolute atomic E-state index is 14.4. The van der Waals surface area contributed by atoms with Gasteiger partial charge < -0.3 is 9.80 Å². The largest absolute Gasteiger partial charge is 0.366 e. The van der Waals surface area contributed by atoms with Crippen LogP contribution >= 0.6 is 0 Å². The SMILES string of the molecule is CC(=O)c1ccc(N2CCN(C(=O)Cn3c(=O)n(C)c4ccccc43)CC2)c(F)c1. The normalized spacial score (nSPS) is 14.4. The molecule has 156 valence electrons. The highest BCUT2D eigenvalue weighted by Crippen LogP contribution is 2.22. The Bertz CT molecular complexity index is 1190. The molecule has 3 aromatic rings. The number of carbonyl (C=O) groups is 2. The monoisotopic (exact) mass is 410 g/mol. The summed E-state index contributed by atoms with van der Waals surface area (Å²) in [7, 11) is 1.69. The summed E-state index contributed by atoms with van der Waals surface area (Å²) in [6.07, 6.45) is 0. The molecular weight excluding hydrogens is 387 g/mol. The molecule has 0 saturated carbocycles. The lowest BCUT2D eigenvalue weighted by Gasteiger charge is -2.36. The van der Waals surface area contributed by atoms with Crippen molar-refractivity contribution in [2.24, 2.45) is 7.05 Å². The van der Waals surface area contributed by atoms with Crippen LogP contribution in [-0.4, -0.2) is 51.9 Å². The summed E-state index contributed by atoms with van der Waals surface area (Å²) in [5.41, 5.74) is 2.05. The first-order chi connectivity index (χ1) is 14.4. The number of aromatic nitrogens is 2. The van der Waals surface area contributed by atoms with E-state index in [0.29, 0.717) is 37.4 Å². The van der Waals surface area contributed by atoms with Crippen LogP contribution in [-0.2, 0) is 18.4 Å². The molecule has 1 aromatic heterocycles. The van der Waals surface area contributed by atoms with E-state index < -0.39 is 5.82 Å². The summed E-state index contributed by atoms with van der Waals surface area (Å²) in [6, 6.07) is 11.9. The number of hydrogen-bond acceptors (Lipinski definition) is 4. The van der Waals surface area contributed by atoms with Crippen molar-refractivity contribution in [1.82, 2.24) is 14.0 Å². The number of nitrogens with zero attached hydrogens (tertiary/aromatic N) is 4. The summed E-state index contributed by atoms with van der Waals surface area (Å²) >= 11 is 0. The molecule has 1 fully saturated rings. The molecule has 2 aromatic carbocycles. The fourth-order valence-corrected chi connectivity index (χ4v) is 3.93. The van der Waals surface area contributed by atoms with Crippen molar-refractivity contribution >= 4 is 28.4 Å². The van der Waals surface area contributed by atoms with Gasteiger partial charge >= 0.3 is 5.69 Å². The molecule has 4 rings (SSSR count). The summed E-state index contributed by atoms with van der Waals surface area (Å²) in [5.74, 6) is -0.759. The van der Waals surface area contributed by atoms with Gasteiger partial charge in [0.05, 0.1) is 16.7 Å². The molecule has 1 saturated heterocycles. The summed E-state index contributed by atoms with van der Waals surface area (Å²) in [6.45, 7) is 3.21. The molecule has 1 aliphatic rings. The summed E-state index contributed by atoms with van der Waals surface area (Å²) in [5, 5.41) is 0. The fraction of sp³-hybridized carbons (Fsp3) is 0.318. The Kier molecular flexibility index (Phi) is 5.15. The van der Waals surface area contributed by atoms with Gasteiger partial charge in [0.25, 0.3) is 0 Å². The number of benzene rings is 2. The van der Waals surface area contributed by atoms with Gasteiger partial charge in [-0.2, -0.15) is 0 Å². The second-order valence-electron chi connectivity index (χ2n) is 7.51. The van der Waals surface area contributed by atoms with Crippen molar-refractivity contribution in [1.29, 1.82) is 0 Å². The number of imidazole rings is 1. The maximum atomic E-state index is 14.4. The number of halogens is 1. The van der Waals surface area contributed by atoms with Gasteiger partial charge in [-0.05, 0) is 37.3 Å². The quantitative estimate of drug-likeness (QED) is 0.618. The van der Waals surface area contributed by atoms with Gasteiger partial charge in [-0.25, -0.2) is 9.18 Å². The molecule has 30 heavy (non-hydrogen) atoms. The van der Waals surface area contributed by atoms with E-state index >= 15 is 0 Å². The number of anilines is 1. The van der Waals surface area contributed by atoms with Crippen LogP contribution in [0.5, 0.6) is 0 Å². The predicted octanol–water partition coefficient (Wildman–Crippen LogP) is 2.03. The molecule has 1 amide bonds. The van der Waals surface area contributed by atoms with Crippen molar-refractivity contribution in [2.45, 2.75) is 13.5 Å². The third-order valence-corrected chi connectivity index (χ3v) is 5.67. The standard InChI is InChI=1S/C22H23FN4O3/c1-15(28)16-7-8-18(17(23)13-16)25-9-11-26(12-10-25)21(29)14-27-20-6-4-3-5-19(20)24(2)22(27)30/h3-8,13H,9-12,14H2,1-2H3. The first-order valence-corrected chi connectivity index (χ1v) is 9.84. The molecule has 0 unspecified atom stereocenters. The fourth-order valence-electron chi connectivity index (χ4n) is 3.93. The lowest BCUT2D eigenvalue weighted by Crippen LogP contribution is -2.50. The minimum absolute atomic E-state index is 0.0259. The van der Waals surface area contributed by atoms with Crippen molar-refractivity contribution in [3.8, 4) is 0 Å². The van der Waals surface area contributed by atoms with Gasteiger partial charge in [0.15, 0.2) is 5.78 Å². The zero-order valence-corrected chi connectivity index (χ0v) is 17.0. The lowest BCUT2D eigenvalue weighted by molar-refractivity contribution is -0.132. The molecule has 7 nitrogen and oxygen atoms in total. The van der Waals surface area contributed by atoms with Crippen LogP contribution in [0.2, 0.25) is 0 Å². The Balaban J connectivity index is 1.45. The van der Waals surface area contributed by atoms with Crippen LogP contribution in [0, 0.1) is 5.82 Å². The van der Waals surface area contributed by atoms with Gasteiger partial charge in [-0.1, -0.05) is 12.1 Å². The second-order valence-corrected chi connectivity index (χ2v) is 7.51. The molecule has 8 heteroatoms. The molecular formula is C22H23FN4O3. The van der Waals surface area contributed by atoms with Crippen LogP contribution in [0.1, 0.15) is 17.3 Å². The molecule has 0 atom stereocenters. The number of piperazine rings is 1. The molecule has 0 aliphatic carbocycles. The highest BCUT2D eigenvalue weighted by molar-refractivity contribution is 5.94. The van der Waals surface area contributed by atoms with Crippen LogP contribution < -0.4 is 10.6 Å². The highest BCUT2D eigenvalue weighted by atomic mass is 19.1. The van der Waals surface area contributed by atoms with Crippen LogP contribution in [0.4, 0.5) is 10.1 Å². The van der Waals surface area contributed by atoms with E-state index in [-0.39, 0.29) is 23.9 Å². The molecule has 0 bridgehead atoms. The van der Waals surface area contributed by atoms with E-state index in [9.17, 15) is 18.8 Å². The smallest absolute Gasteiger partial charge is 0.329 e. The van der Waals surface area contributed by atoms with Crippen molar-refractivity contribution in [2.75, 3.05) is 31.1 Å². The Labute approximate surface area is 172 Å². The van der Waals surface area contributed by atoms with Crippen molar-refractivity contribution < 1.29 is 14.0 Å². The molecule has 1 aliphatic heterocycles. The van der Waals surface area contributed by atoms with Crippen LogP contribution in [0.25, 0.3) is 11.0 Å². The van der Waals surface area contributed by atoms with Crippen molar-refractivity contribution in [3.63, 3.8) is 0 Å². The number of hydrogen-bond donors (Lipinski definition) is 0. The summed E-state index contributed by atoms with van der Waals surface area (Å²) < 4.78 is 17.4. The topological polar surface area (TPSA) is 67.6 Å². The molecule has 2 heterocycles. The molecule has 0 spiro atoms. The highest BCUT2D eigenvalue weighted by Gasteiger charge is 2.24. The predicted molar refractivity (Wildman–Crippen MR) is 112 cm³/mol. The average molecular weight is 410 g/mol. The molecule has 0 radical (unpaired) electrons. The van der Waals surface area contributed by atoms with Gasteiger partial charge in [0.1, 0.15) is 12.4 Å². The first-order valence-electron chi connectivity index (χ1n) is 9.84. The van der Waals surface area contributed by atoms with E-state index in [1.165, 1.54) is 22.1 Å². The zero-order valence-electron chi connectivity index (χ0n) is 17.0. The molecule has 0 N–H and O–H groups in total. The second kappa shape index (κ2) is 7.78. The van der Waals surface area contributed by atoms with E-state index in [1.807, 2.05) is 29.2 Å². The number of para-hydroxylation sites is 2. The Morgan fingerprint density at radius 3 is 2.30 bits per heavy atom. The Hall–Kier alpha value is -3.42. The maximum Gasteiger partial charge on any atom is 0.329 e. The van der Waals surface area contributed by atoms with Gasteiger partial charge in [0, 0.05) is 38.8 Å². The number of Topliss-reactive ketones (excluding diaryl/α,β-unsaturated/α-hetero) is 1. The van der Waals surface area contributed by atoms with Crippen LogP contribution in [0.3, 0.4) is 0 Å². The van der Waals surface area contributed by atoms with E-state index in [2.05, 4.69) is 0 Å². The van der Waals surface area contributed by atoms with Gasteiger partial charge in [-0.15, -0.1) is 0 Å². The number of aryl methyl sites for hydroxylation is 1. The third kappa shape index (κ3) is 3.49. The Morgan fingerprint density at radius 2 is 1.67 bits per heavy atom. The Morgan fingerprint density at radius 1 is 1.00 bits per heavy atom. The first kappa shape index (κ1) is 19.9. The van der Waals surface area contributed by atoms with Gasteiger partial charge in [-0.3, -0.25) is 18.7 Å². The number of carbonyl (C=O) groups excluding carboxylic acids is 2. The lowest BCUT2D eigenvalue weighted by atomic mass is 10.1. The number of ketones is 1. The van der Waals surface area contributed by atoms with E-state index in [4.69, 9.17) is 0 Å². The number of amides is 1.